The minimum Gasteiger partial charge on any atom is -0.310 e. The first-order chi connectivity index (χ1) is 33.8. The Morgan fingerprint density at radius 3 is 1.18 bits per heavy atom. The molecule has 0 bridgehead atoms. The van der Waals surface area contributed by atoms with Crippen LogP contribution in [0.4, 0.5) is 17.1 Å². The van der Waals surface area contributed by atoms with Crippen LogP contribution in [-0.2, 0) is 5.41 Å². The molecule has 0 spiro atoms. The second-order valence-electron chi connectivity index (χ2n) is 17.6. The van der Waals surface area contributed by atoms with Gasteiger partial charge >= 0.3 is 0 Å². The van der Waals surface area contributed by atoms with Gasteiger partial charge in [-0.15, -0.1) is 0 Å². The standard InChI is InChI=1S/C67H47N/c1-6-24-48(25-7-1)51-44-52(49-26-8-2-9-27-49)46-56(45-51)68(66-41-23-21-39-62(66)60-37-19-18-36-59(60)58-35-17-16-34-57(58)50-28-10-3-11-29-50)55-42-43-65-63(47-55)61-38-20-22-40-64(61)67(65,53-30-12-4-13-31-53)54-32-14-5-15-33-54/h1-47H. The van der Waals surface area contributed by atoms with E-state index in [1.165, 1.54) is 66.8 Å². The number of para-hydroxylation sites is 1. The highest BCUT2D eigenvalue weighted by atomic mass is 15.1. The third-order valence-electron chi connectivity index (χ3n) is 13.8. The Morgan fingerprint density at radius 1 is 0.221 bits per heavy atom. The van der Waals surface area contributed by atoms with Gasteiger partial charge in [-0.3, -0.25) is 0 Å². The van der Waals surface area contributed by atoms with Crippen molar-refractivity contribution in [3.8, 4) is 66.8 Å². The van der Waals surface area contributed by atoms with E-state index in [9.17, 15) is 0 Å². The minimum absolute atomic E-state index is 0.505. The van der Waals surface area contributed by atoms with Gasteiger partial charge in [-0.25, -0.2) is 0 Å². The molecule has 1 aliphatic carbocycles. The lowest BCUT2D eigenvalue weighted by Gasteiger charge is -2.34. The monoisotopic (exact) mass is 865 g/mol. The van der Waals surface area contributed by atoms with Gasteiger partial charge < -0.3 is 4.90 Å². The van der Waals surface area contributed by atoms with Crippen LogP contribution in [0.1, 0.15) is 22.3 Å². The Labute approximate surface area is 399 Å². The second kappa shape index (κ2) is 17.5. The summed E-state index contributed by atoms with van der Waals surface area (Å²) in [7, 11) is 0. The smallest absolute Gasteiger partial charge is 0.0713 e. The maximum absolute atomic E-state index is 2.50. The quantitative estimate of drug-likeness (QED) is 0.132. The van der Waals surface area contributed by atoms with Crippen LogP contribution in [0, 0.1) is 0 Å². The molecule has 1 aliphatic rings. The van der Waals surface area contributed by atoms with Crippen molar-refractivity contribution in [3.05, 3.63) is 307 Å². The summed E-state index contributed by atoms with van der Waals surface area (Å²) >= 11 is 0. The fraction of sp³-hybridized carbons (Fsp3) is 0.0149. The number of rotatable bonds is 10. The highest BCUT2D eigenvalue weighted by Gasteiger charge is 2.46. The first-order valence-electron chi connectivity index (χ1n) is 23.5. The lowest BCUT2D eigenvalue weighted by molar-refractivity contribution is 0.768. The number of nitrogens with zero attached hydrogens (tertiary/aromatic N) is 1. The van der Waals surface area contributed by atoms with Gasteiger partial charge in [0.25, 0.3) is 0 Å². The van der Waals surface area contributed by atoms with E-state index in [1.54, 1.807) is 0 Å². The van der Waals surface area contributed by atoms with Crippen molar-refractivity contribution >= 4 is 17.1 Å². The Balaban J connectivity index is 1.13. The lowest BCUT2D eigenvalue weighted by Crippen LogP contribution is -2.28. The molecule has 12 rings (SSSR count). The SMILES string of the molecule is c1ccc(-c2cc(-c3ccccc3)cc(N(c3ccc4c(c3)-c3ccccc3C4(c3ccccc3)c3ccccc3)c3ccccc3-c3ccccc3-c3ccccc3-c3ccccc3)c2)cc1. The third kappa shape index (κ3) is 7.05. The first-order valence-corrected chi connectivity index (χ1v) is 23.5. The third-order valence-corrected chi connectivity index (χ3v) is 13.8. The first kappa shape index (κ1) is 40.7. The zero-order chi connectivity index (χ0) is 45.3. The summed E-state index contributed by atoms with van der Waals surface area (Å²) in [4.78, 5) is 2.50. The van der Waals surface area contributed by atoms with Crippen molar-refractivity contribution in [1.29, 1.82) is 0 Å². The molecule has 0 fully saturated rings. The van der Waals surface area contributed by atoms with E-state index >= 15 is 0 Å². The largest absolute Gasteiger partial charge is 0.310 e. The molecule has 0 saturated carbocycles. The van der Waals surface area contributed by atoms with Crippen molar-refractivity contribution in [2.45, 2.75) is 5.41 Å². The molecule has 320 valence electrons. The summed E-state index contributed by atoms with van der Waals surface area (Å²) in [5.41, 5.74) is 22.0. The van der Waals surface area contributed by atoms with Gasteiger partial charge in [-0.05, 0) is 120 Å². The molecular formula is C67H47N. The molecule has 0 unspecified atom stereocenters. The Bertz CT molecular complexity index is 3450. The normalized spacial score (nSPS) is 12.2. The van der Waals surface area contributed by atoms with Gasteiger partial charge in [0.15, 0.2) is 0 Å². The van der Waals surface area contributed by atoms with Crippen molar-refractivity contribution in [1.82, 2.24) is 0 Å². The van der Waals surface area contributed by atoms with Crippen LogP contribution in [0.25, 0.3) is 66.8 Å². The predicted octanol–water partition coefficient (Wildman–Crippen LogP) is 17.9. The molecule has 0 N–H and O–H groups in total. The van der Waals surface area contributed by atoms with Gasteiger partial charge in [0.1, 0.15) is 0 Å². The highest BCUT2D eigenvalue weighted by Crippen LogP contribution is 2.57. The Morgan fingerprint density at radius 2 is 0.618 bits per heavy atom. The van der Waals surface area contributed by atoms with Crippen molar-refractivity contribution in [2.24, 2.45) is 0 Å². The molecule has 0 aromatic heterocycles. The van der Waals surface area contributed by atoms with Gasteiger partial charge in [0.2, 0.25) is 0 Å². The Hall–Kier alpha value is -8.78. The number of benzene rings is 11. The van der Waals surface area contributed by atoms with E-state index in [1.807, 2.05) is 0 Å². The Kier molecular flexibility index (Phi) is 10.5. The van der Waals surface area contributed by atoms with Crippen LogP contribution >= 0.6 is 0 Å². The zero-order valence-corrected chi connectivity index (χ0v) is 37.6. The molecule has 0 atom stereocenters. The molecule has 0 aliphatic heterocycles. The summed E-state index contributed by atoms with van der Waals surface area (Å²) in [6.45, 7) is 0. The lowest BCUT2D eigenvalue weighted by atomic mass is 9.68. The van der Waals surface area contributed by atoms with E-state index < -0.39 is 5.41 Å². The molecule has 0 heterocycles. The topological polar surface area (TPSA) is 3.24 Å². The van der Waals surface area contributed by atoms with Crippen LogP contribution in [0.5, 0.6) is 0 Å². The van der Waals surface area contributed by atoms with E-state index in [2.05, 4.69) is 290 Å². The summed E-state index contributed by atoms with van der Waals surface area (Å²) in [5, 5.41) is 0. The number of hydrogen-bond donors (Lipinski definition) is 0. The summed E-state index contributed by atoms with van der Waals surface area (Å²) in [6, 6.07) is 104. The molecule has 1 nitrogen and oxygen atoms in total. The summed E-state index contributed by atoms with van der Waals surface area (Å²) in [6.07, 6.45) is 0. The van der Waals surface area contributed by atoms with Gasteiger partial charge in [0, 0.05) is 16.9 Å². The summed E-state index contributed by atoms with van der Waals surface area (Å²) < 4.78 is 0. The van der Waals surface area contributed by atoms with E-state index in [-0.39, 0.29) is 0 Å². The highest BCUT2D eigenvalue weighted by molar-refractivity contribution is 5.99. The molecule has 0 amide bonds. The van der Waals surface area contributed by atoms with Crippen molar-refractivity contribution < 1.29 is 0 Å². The summed E-state index contributed by atoms with van der Waals surface area (Å²) in [5.74, 6) is 0. The fourth-order valence-corrected chi connectivity index (χ4v) is 10.8. The van der Waals surface area contributed by atoms with Gasteiger partial charge in [-0.2, -0.15) is 0 Å². The van der Waals surface area contributed by atoms with Crippen LogP contribution in [0.2, 0.25) is 0 Å². The van der Waals surface area contributed by atoms with Crippen molar-refractivity contribution in [3.63, 3.8) is 0 Å². The average Bonchev–Trinajstić information content (AvgIpc) is 3.73. The molecule has 1 heteroatoms. The van der Waals surface area contributed by atoms with Gasteiger partial charge in [-0.1, -0.05) is 249 Å². The second-order valence-corrected chi connectivity index (χ2v) is 17.6. The van der Waals surface area contributed by atoms with Gasteiger partial charge in [0.05, 0.1) is 11.1 Å². The molecule has 68 heavy (non-hydrogen) atoms. The molecular weight excluding hydrogens is 819 g/mol. The van der Waals surface area contributed by atoms with Crippen LogP contribution in [0.15, 0.2) is 285 Å². The minimum atomic E-state index is -0.505. The fourth-order valence-electron chi connectivity index (χ4n) is 10.8. The molecule has 11 aromatic carbocycles. The molecule has 0 saturated heterocycles. The number of fused-ring (bicyclic) bond motifs is 3. The van der Waals surface area contributed by atoms with Crippen LogP contribution < -0.4 is 4.90 Å². The average molecular weight is 866 g/mol. The molecule has 0 radical (unpaired) electrons. The van der Waals surface area contributed by atoms with E-state index in [4.69, 9.17) is 0 Å². The zero-order valence-electron chi connectivity index (χ0n) is 37.6. The van der Waals surface area contributed by atoms with E-state index in [0.29, 0.717) is 0 Å². The maximum atomic E-state index is 2.50. The van der Waals surface area contributed by atoms with Crippen molar-refractivity contribution in [2.75, 3.05) is 4.90 Å². The van der Waals surface area contributed by atoms with E-state index in [0.717, 1.165) is 39.3 Å². The number of anilines is 3. The maximum Gasteiger partial charge on any atom is 0.0713 e. The predicted molar refractivity (Wildman–Crippen MR) is 286 cm³/mol. The number of hydrogen-bond acceptors (Lipinski definition) is 1. The van der Waals surface area contributed by atoms with Crippen LogP contribution in [-0.4, -0.2) is 0 Å². The molecule has 11 aromatic rings. The van der Waals surface area contributed by atoms with Crippen LogP contribution in [0.3, 0.4) is 0 Å².